The third-order valence-corrected chi connectivity index (χ3v) is 8.64. The van der Waals surface area contributed by atoms with Gasteiger partial charge in [0.15, 0.2) is 0 Å². The van der Waals surface area contributed by atoms with E-state index >= 15 is 0 Å². The molecule has 1 aromatic heterocycles. The molecule has 0 atom stereocenters. The number of anilines is 1. The van der Waals surface area contributed by atoms with Gasteiger partial charge in [0.1, 0.15) is 18.0 Å². The molecule has 7 rings (SSSR count). The maximum absolute atomic E-state index is 14.2. The van der Waals surface area contributed by atoms with Crippen LogP contribution in [0.5, 0.6) is 0 Å². The fraction of sp³-hybridized carbons (Fsp3) is 0.560. The van der Waals surface area contributed by atoms with E-state index in [1.807, 2.05) is 0 Å². The molecule has 0 spiro atoms. The first-order valence-corrected chi connectivity index (χ1v) is 12.2. The molecule has 1 amide bonds. The Balaban J connectivity index is 1.19. The zero-order chi connectivity index (χ0) is 21.9. The van der Waals surface area contributed by atoms with Crippen molar-refractivity contribution < 1.29 is 9.18 Å². The summed E-state index contributed by atoms with van der Waals surface area (Å²) in [6.07, 6.45) is 9.32. The molecule has 1 aliphatic heterocycles. The number of aromatic nitrogens is 2. The second-order valence-corrected chi connectivity index (χ2v) is 10.9. The number of hydrogen-bond donors (Lipinski definition) is 1. The first kappa shape index (κ1) is 20.5. The Bertz CT molecular complexity index is 1020. The Kier molecular flexibility index (Phi) is 4.99. The highest BCUT2D eigenvalue weighted by Crippen LogP contribution is 2.60. The Morgan fingerprint density at radius 3 is 2.56 bits per heavy atom. The number of nitrogens with zero attached hydrogens (tertiary/aromatic N) is 3. The molecule has 1 aromatic carbocycles. The maximum Gasteiger partial charge on any atom is 0.231 e. The molecule has 5 nitrogen and oxygen atoms in total. The highest BCUT2D eigenvalue weighted by molar-refractivity contribution is 6.31. The summed E-state index contributed by atoms with van der Waals surface area (Å²) in [4.78, 5) is 24.6. The quantitative estimate of drug-likeness (QED) is 0.707. The second-order valence-electron chi connectivity index (χ2n) is 10.5. The third-order valence-electron chi connectivity index (χ3n) is 8.28. The molecule has 1 N–H and O–H groups in total. The minimum atomic E-state index is -0.283. The van der Waals surface area contributed by atoms with Gasteiger partial charge in [-0.2, -0.15) is 0 Å². The lowest BCUT2D eigenvalue weighted by molar-refractivity contribution is -0.140. The van der Waals surface area contributed by atoms with Crippen molar-refractivity contribution in [2.24, 2.45) is 23.2 Å². The molecule has 4 saturated carbocycles. The molecule has 2 heterocycles. The SMILES string of the molecule is O=C(Nc1ncnc2c1CCN(Cc1c(F)cccc1Cl)C2)C12CC3CC(CC(C3)C1)C2. The fourth-order valence-corrected chi connectivity index (χ4v) is 7.41. The maximum atomic E-state index is 14.2. The van der Waals surface area contributed by atoms with E-state index in [0.29, 0.717) is 29.5 Å². The highest BCUT2D eigenvalue weighted by Gasteiger charge is 2.54. The van der Waals surface area contributed by atoms with E-state index in [-0.39, 0.29) is 17.1 Å². The van der Waals surface area contributed by atoms with Crippen LogP contribution in [0.25, 0.3) is 0 Å². The number of amides is 1. The van der Waals surface area contributed by atoms with Crippen molar-refractivity contribution in [2.75, 3.05) is 11.9 Å². The average Bonchev–Trinajstić information content (AvgIpc) is 2.75. The fourth-order valence-electron chi connectivity index (χ4n) is 7.19. The molecule has 0 unspecified atom stereocenters. The van der Waals surface area contributed by atoms with Crippen LogP contribution in [0.15, 0.2) is 24.5 Å². The van der Waals surface area contributed by atoms with E-state index in [4.69, 9.17) is 11.6 Å². The second kappa shape index (κ2) is 7.77. The molecular formula is C25H28ClFN4O. The average molecular weight is 455 g/mol. The molecule has 4 fully saturated rings. The predicted molar refractivity (Wildman–Crippen MR) is 120 cm³/mol. The van der Waals surface area contributed by atoms with E-state index in [0.717, 1.165) is 61.2 Å². The van der Waals surface area contributed by atoms with E-state index < -0.39 is 0 Å². The molecular weight excluding hydrogens is 427 g/mol. The molecule has 5 aliphatic rings. The van der Waals surface area contributed by atoms with Gasteiger partial charge < -0.3 is 5.32 Å². The van der Waals surface area contributed by atoms with Gasteiger partial charge in [-0.1, -0.05) is 17.7 Å². The summed E-state index contributed by atoms with van der Waals surface area (Å²) in [7, 11) is 0. The van der Waals surface area contributed by atoms with Gasteiger partial charge >= 0.3 is 0 Å². The van der Waals surface area contributed by atoms with Gasteiger partial charge in [-0.05, 0) is 74.8 Å². The lowest BCUT2D eigenvalue weighted by Gasteiger charge is -2.55. The van der Waals surface area contributed by atoms with E-state index in [2.05, 4.69) is 20.2 Å². The number of rotatable bonds is 4. The number of halogens is 2. The molecule has 7 heteroatoms. The topological polar surface area (TPSA) is 58.1 Å². The Morgan fingerprint density at radius 1 is 1.16 bits per heavy atom. The van der Waals surface area contributed by atoms with Gasteiger partial charge in [0.05, 0.1) is 11.1 Å². The van der Waals surface area contributed by atoms with Crippen LogP contribution in [0.3, 0.4) is 0 Å². The van der Waals surface area contributed by atoms with Crippen LogP contribution < -0.4 is 5.32 Å². The van der Waals surface area contributed by atoms with Crippen LogP contribution in [-0.2, 0) is 24.3 Å². The molecule has 168 valence electrons. The normalized spacial score (nSPS) is 30.9. The summed E-state index contributed by atoms with van der Waals surface area (Å²) in [6.45, 7) is 1.76. The summed E-state index contributed by atoms with van der Waals surface area (Å²) in [5.74, 6) is 2.73. The van der Waals surface area contributed by atoms with Gasteiger partial charge in [-0.25, -0.2) is 14.4 Å². The van der Waals surface area contributed by atoms with E-state index in [1.165, 1.54) is 31.7 Å². The summed E-state index contributed by atoms with van der Waals surface area (Å²) in [5.41, 5.74) is 2.23. The highest BCUT2D eigenvalue weighted by atomic mass is 35.5. The van der Waals surface area contributed by atoms with Gasteiger partial charge in [-0.15, -0.1) is 0 Å². The van der Waals surface area contributed by atoms with Crippen LogP contribution in [0.4, 0.5) is 10.2 Å². The monoisotopic (exact) mass is 454 g/mol. The molecule has 0 saturated heterocycles. The summed E-state index contributed by atoms with van der Waals surface area (Å²) < 4.78 is 14.2. The molecule has 2 aromatic rings. The van der Waals surface area contributed by atoms with Crippen molar-refractivity contribution in [1.29, 1.82) is 0 Å². The van der Waals surface area contributed by atoms with Crippen LogP contribution in [0.1, 0.15) is 55.3 Å². The van der Waals surface area contributed by atoms with E-state index in [9.17, 15) is 9.18 Å². The Labute approximate surface area is 192 Å². The zero-order valence-corrected chi connectivity index (χ0v) is 18.9. The first-order chi connectivity index (χ1) is 15.5. The summed E-state index contributed by atoms with van der Waals surface area (Å²) >= 11 is 6.22. The van der Waals surface area contributed by atoms with Crippen molar-refractivity contribution in [3.63, 3.8) is 0 Å². The van der Waals surface area contributed by atoms with Crippen LogP contribution in [0, 0.1) is 29.0 Å². The van der Waals surface area contributed by atoms with Crippen molar-refractivity contribution in [3.05, 3.63) is 52.2 Å². The molecule has 0 radical (unpaired) electrons. The summed E-state index contributed by atoms with van der Waals surface area (Å²) in [5, 5.41) is 3.67. The zero-order valence-electron chi connectivity index (χ0n) is 18.1. The lowest BCUT2D eigenvalue weighted by atomic mass is 9.49. The van der Waals surface area contributed by atoms with Crippen molar-refractivity contribution in [3.8, 4) is 0 Å². The van der Waals surface area contributed by atoms with Crippen LogP contribution in [-0.4, -0.2) is 27.3 Å². The van der Waals surface area contributed by atoms with Gasteiger partial charge in [0.2, 0.25) is 5.91 Å². The Morgan fingerprint density at radius 2 is 1.88 bits per heavy atom. The number of hydrogen-bond acceptors (Lipinski definition) is 4. The largest absolute Gasteiger partial charge is 0.310 e. The van der Waals surface area contributed by atoms with Gasteiger partial charge in [0.25, 0.3) is 0 Å². The number of nitrogens with one attached hydrogen (secondary N) is 1. The number of benzene rings is 1. The minimum Gasteiger partial charge on any atom is -0.310 e. The molecule has 4 aliphatic carbocycles. The lowest BCUT2D eigenvalue weighted by Crippen LogP contribution is -2.52. The first-order valence-electron chi connectivity index (χ1n) is 11.8. The number of fused-ring (bicyclic) bond motifs is 1. The van der Waals surface area contributed by atoms with Crippen molar-refractivity contribution in [2.45, 2.75) is 58.0 Å². The minimum absolute atomic E-state index is 0.165. The van der Waals surface area contributed by atoms with Gasteiger partial charge in [0, 0.05) is 35.8 Å². The summed E-state index contributed by atoms with van der Waals surface area (Å²) in [6, 6.07) is 4.79. The van der Waals surface area contributed by atoms with Gasteiger partial charge in [-0.3, -0.25) is 9.69 Å². The van der Waals surface area contributed by atoms with Crippen LogP contribution >= 0.6 is 11.6 Å². The van der Waals surface area contributed by atoms with E-state index in [1.54, 1.807) is 12.1 Å². The van der Waals surface area contributed by atoms with Crippen molar-refractivity contribution in [1.82, 2.24) is 14.9 Å². The predicted octanol–water partition coefficient (Wildman–Crippen LogP) is 4.98. The van der Waals surface area contributed by atoms with Crippen LogP contribution in [0.2, 0.25) is 5.02 Å². The standard InChI is InChI=1S/C25H28ClFN4O/c26-20-2-1-3-21(27)19(20)12-31-5-4-18-22(13-31)28-14-29-23(18)30-24(32)25-9-15-6-16(10-25)8-17(7-15)11-25/h1-3,14-17H,4-13H2,(H,28,29,30,32). The van der Waals surface area contributed by atoms with Crippen molar-refractivity contribution >= 4 is 23.3 Å². The third kappa shape index (κ3) is 3.52. The smallest absolute Gasteiger partial charge is 0.231 e. The molecule has 32 heavy (non-hydrogen) atoms. The number of carbonyl (C=O) groups is 1. The number of carbonyl (C=O) groups excluding carboxylic acids is 1. The Hall–Kier alpha value is -2.05. The molecule has 4 bridgehead atoms.